The van der Waals surface area contributed by atoms with Gasteiger partial charge in [-0.15, -0.1) is 6.58 Å². The fourth-order valence-electron chi connectivity index (χ4n) is 6.26. The first kappa shape index (κ1) is 26.4. The number of unbranched alkanes of at least 4 members (excludes halogenated alkanes) is 2. The predicted octanol–water partition coefficient (Wildman–Crippen LogP) is 2.31. The van der Waals surface area contributed by atoms with Gasteiger partial charge in [0.1, 0.15) is 24.2 Å². The zero-order chi connectivity index (χ0) is 25.1. The number of nitrogens with zero attached hydrogens (tertiary/aromatic N) is 2. The summed E-state index contributed by atoms with van der Waals surface area (Å²) < 4.78 is 12.0. The van der Waals surface area contributed by atoms with E-state index < -0.39 is 35.0 Å². The summed E-state index contributed by atoms with van der Waals surface area (Å²) in [5.74, 6) is -2.57. The third kappa shape index (κ3) is 4.19. The van der Waals surface area contributed by atoms with Crippen molar-refractivity contribution < 1.29 is 29.0 Å². The molecule has 0 aromatic heterocycles. The molecule has 3 unspecified atom stereocenters. The molecule has 0 aromatic rings. The van der Waals surface area contributed by atoms with Crippen molar-refractivity contribution in [1.82, 2.24) is 9.80 Å². The molecule has 190 valence electrons. The Labute approximate surface area is 202 Å². The van der Waals surface area contributed by atoms with Crippen molar-refractivity contribution >= 4 is 17.8 Å². The van der Waals surface area contributed by atoms with E-state index in [1.54, 1.807) is 15.9 Å². The number of aliphatic hydroxyl groups is 1. The molecule has 3 heterocycles. The zero-order valence-corrected chi connectivity index (χ0v) is 20.8. The number of amides is 2. The number of rotatable bonds is 13. The number of hydrogen-bond acceptors (Lipinski definition) is 6. The molecular weight excluding hydrogens is 436 g/mol. The maximum absolute atomic E-state index is 14.0. The molecule has 0 saturated carbocycles. The first-order valence-electron chi connectivity index (χ1n) is 12.5. The average Bonchev–Trinajstić information content (AvgIpc) is 3.32. The molecule has 3 rings (SSSR count). The Balaban J connectivity index is 2.03. The molecule has 8 nitrogen and oxygen atoms in total. The number of carbonyl (C=O) groups excluding carboxylic acids is 3. The number of esters is 1. The highest BCUT2D eigenvalue weighted by atomic mass is 16.6. The fourth-order valence-corrected chi connectivity index (χ4v) is 6.26. The van der Waals surface area contributed by atoms with Crippen LogP contribution < -0.4 is 0 Å². The highest BCUT2D eigenvalue weighted by Crippen LogP contribution is 2.65. The highest BCUT2D eigenvalue weighted by molar-refractivity contribution is 5.98. The average molecular weight is 477 g/mol. The van der Waals surface area contributed by atoms with Gasteiger partial charge in [-0.2, -0.15) is 0 Å². The van der Waals surface area contributed by atoms with E-state index in [1.807, 2.05) is 13.8 Å². The number of carbonyl (C=O) groups is 3. The van der Waals surface area contributed by atoms with Gasteiger partial charge in [0.05, 0.1) is 11.5 Å². The third-order valence-electron chi connectivity index (χ3n) is 7.90. The second kappa shape index (κ2) is 10.6. The minimum atomic E-state index is -1.10. The van der Waals surface area contributed by atoms with E-state index in [-0.39, 0.29) is 37.5 Å². The van der Waals surface area contributed by atoms with Crippen molar-refractivity contribution in [2.45, 2.75) is 70.1 Å². The van der Waals surface area contributed by atoms with Gasteiger partial charge in [0.25, 0.3) is 0 Å². The summed E-state index contributed by atoms with van der Waals surface area (Å²) in [6.07, 6.45) is 6.92. The lowest BCUT2D eigenvalue weighted by atomic mass is 9.62. The van der Waals surface area contributed by atoms with Crippen LogP contribution in [0.4, 0.5) is 0 Å². The molecule has 1 N–H and O–H groups in total. The largest absolute Gasteiger partial charge is 0.461 e. The van der Waals surface area contributed by atoms with Crippen LogP contribution in [0.25, 0.3) is 0 Å². The van der Waals surface area contributed by atoms with Crippen molar-refractivity contribution in [1.29, 1.82) is 0 Å². The Hall–Kier alpha value is -2.19. The molecule has 0 aromatic carbocycles. The summed E-state index contributed by atoms with van der Waals surface area (Å²) in [6, 6.07) is -0.848. The Morgan fingerprint density at radius 3 is 2.65 bits per heavy atom. The molecule has 0 radical (unpaired) electrons. The highest BCUT2D eigenvalue weighted by Gasteiger charge is 2.80. The van der Waals surface area contributed by atoms with Gasteiger partial charge in [0.2, 0.25) is 11.8 Å². The number of ether oxygens (including phenoxy) is 2. The Morgan fingerprint density at radius 2 is 2.03 bits per heavy atom. The maximum Gasteiger partial charge on any atom is 0.313 e. The number of hydrogen-bond donors (Lipinski definition) is 1. The summed E-state index contributed by atoms with van der Waals surface area (Å²) in [4.78, 5) is 44.3. The van der Waals surface area contributed by atoms with Crippen LogP contribution in [-0.2, 0) is 23.9 Å². The molecule has 2 bridgehead atoms. The fraction of sp³-hybridized carbons (Fsp3) is 0.731. The molecule has 2 amide bonds. The van der Waals surface area contributed by atoms with Crippen molar-refractivity contribution in [3.63, 3.8) is 0 Å². The topological polar surface area (TPSA) is 96.4 Å². The van der Waals surface area contributed by atoms with E-state index in [1.165, 1.54) is 6.08 Å². The van der Waals surface area contributed by atoms with Crippen molar-refractivity contribution in [2.24, 2.45) is 17.8 Å². The number of fused-ring (bicyclic) bond motifs is 1. The van der Waals surface area contributed by atoms with Crippen molar-refractivity contribution in [2.75, 3.05) is 32.8 Å². The van der Waals surface area contributed by atoms with E-state index >= 15 is 0 Å². The SMILES string of the molecule is C=CCOC(=O)[C@H]1[C@H]2C(=O)N(CCCO)C(C(=O)N(CC=C)CCCCC)C23CC(C)[C@]1(C)O3. The zero-order valence-electron chi connectivity index (χ0n) is 20.8. The molecule has 6 atom stereocenters. The van der Waals surface area contributed by atoms with Gasteiger partial charge in [-0.05, 0) is 32.1 Å². The lowest BCUT2D eigenvalue weighted by molar-refractivity contribution is -0.161. The van der Waals surface area contributed by atoms with Crippen LogP contribution in [0.15, 0.2) is 25.3 Å². The third-order valence-corrected chi connectivity index (χ3v) is 7.90. The Bertz CT molecular complexity index is 815. The molecule has 3 saturated heterocycles. The summed E-state index contributed by atoms with van der Waals surface area (Å²) in [6.45, 7) is 14.5. The van der Waals surface area contributed by atoms with E-state index in [4.69, 9.17) is 9.47 Å². The molecular formula is C26H40N2O6. The minimum Gasteiger partial charge on any atom is -0.461 e. The summed E-state index contributed by atoms with van der Waals surface area (Å²) >= 11 is 0. The van der Waals surface area contributed by atoms with Crippen LogP contribution in [0.5, 0.6) is 0 Å². The van der Waals surface area contributed by atoms with Crippen LogP contribution >= 0.6 is 0 Å². The van der Waals surface area contributed by atoms with E-state index in [0.29, 0.717) is 25.9 Å². The van der Waals surface area contributed by atoms with Gasteiger partial charge in [0, 0.05) is 26.2 Å². The van der Waals surface area contributed by atoms with Gasteiger partial charge in [-0.3, -0.25) is 14.4 Å². The lowest BCUT2D eigenvalue weighted by Gasteiger charge is -2.37. The molecule has 3 aliphatic heterocycles. The van der Waals surface area contributed by atoms with Crippen LogP contribution in [-0.4, -0.2) is 82.8 Å². The monoisotopic (exact) mass is 476 g/mol. The molecule has 0 aliphatic carbocycles. The first-order valence-corrected chi connectivity index (χ1v) is 12.5. The minimum absolute atomic E-state index is 0.0427. The number of likely N-dealkylation sites (tertiary alicyclic amines) is 1. The second-order valence-corrected chi connectivity index (χ2v) is 10.0. The smallest absolute Gasteiger partial charge is 0.313 e. The lowest BCUT2D eigenvalue weighted by Crippen LogP contribution is -2.56. The summed E-state index contributed by atoms with van der Waals surface area (Å²) in [5, 5.41) is 9.47. The van der Waals surface area contributed by atoms with Crippen LogP contribution in [0.1, 0.15) is 52.9 Å². The van der Waals surface area contributed by atoms with Gasteiger partial charge < -0.3 is 24.4 Å². The predicted molar refractivity (Wildman–Crippen MR) is 128 cm³/mol. The second-order valence-electron chi connectivity index (χ2n) is 10.0. The Morgan fingerprint density at radius 1 is 1.29 bits per heavy atom. The van der Waals surface area contributed by atoms with Crippen LogP contribution in [0, 0.1) is 17.8 Å². The van der Waals surface area contributed by atoms with E-state index in [0.717, 1.165) is 19.3 Å². The summed E-state index contributed by atoms with van der Waals surface area (Å²) in [5.41, 5.74) is -1.99. The van der Waals surface area contributed by atoms with E-state index in [9.17, 15) is 19.5 Å². The standard InChI is InChI=1S/C26H40N2O6/c1-6-9-10-13-27(12-7-2)23(31)21-26-17-18(4)25(5,34-26)20(24(32)33-16-8-3)19(26)22(30)28(21)14-11-15-29/h7-8,18-21,29H,2-3,6,9-17H2,1,4-5H3/t18?,19-,20+,21?,25-,26?/m0/s1. The van der Waals surface area contributed by atoms with Gasteiger partial charge in [0.15, 0.2) is 0 Å². The molecule has 1 spiro atoms. The van der Waals surface area contributed by atoms with Gasteiger partial charge >= 0.3 is 5.97 Å². The van der Waals surface area contributed by atoms with Crippen LogP contribution in [0.2, 0.25) is 0 Å². The van der Waals surface area contributed by atoms with Gasteiger partial charge in [-0.1, -0.05) is 45.4 Å². The van der Waals surface area contributed by atoms with Crippen molar-refractivity contribution in [3.8, 4) is 0 Å². The molecule has 34 heavy (non-hydrogen) atoms. The summed E-state index contributed by atoms with van der Waals surface area (Å²) in [7, 11) is 0. The number of aliphatic hydroxyl groups excluding tert-OH is 1. The normalized spacial score (nSPS) is 33.6. The van der Waals surface area contributed by atoms with Crippen LogP contribution in [0.3, 0.4) is 0 Å². The van der Waals surface area contributed by atoms with Crippen molar-refractivity contribution in [3.05, 3.63) is 25.3 Å². The first-order chi connectivity index (χ1) is 16.2. The van der Waals surface area contributed by atoms with Gasteiger partial charge in [-0.25, -0.2) is 0 Å². The molecule has 8 heteroatoms. The maximum atomic E-state index is 14.0. The Kier molecular flexibility index (Phi) is 8.24. The quantitative estimate of drug-likeness (QED) is 0.249. The molecule has 3 aliphatic rings. The molecule has 3 fully saturated rings. The van der Waals surface area contributed by atoms with E-state index in [2.05, 4.69) is 20.1 Å².